The number of aromatic nitrogens is 2. The fraction of sp³-hybridized carbons (Fsp3) is 0.400. The summed E-state index contributed by atoms with van der Waals surface area (Å²) in [4.78, 5) is 18.2. The van der Waals surface area contributed by atoms with E-state index in [-0.39, 0.29) is 5.91 Å². The fourth-order valence-electron chi connectivity index (χ4n) is 2.64. The van der Waals surface area contributed by atoms with Gasteiger partial charge in [-0.25, -0.2) is 0 Å². The molecular formula is C15H15Cl2N3O2. The molecule has 1 aliphatic heterocycles. The fourth-order valence-corrected chi connectivity index (χ4v) is 3.27. The zero-order valence-corrected chi connectivity index (χ0v) is 13.6. The lowest BCUT2D eigenvalue weighted by Crippen LogP contribution is -2.36. The molecule has 1 aliphatic rings. The van der Waals surface area contributed by atoms with Crippen LogP contribution in [0.3, 0.4) is 0 Å². The van der Waals surface area contributed by atoms with Crippen molar-refractivity contribution < 1.29 is 9.32 Å². The molecule has 2 heterocycles. The highest BCUT2D eigenvalue weighted by Crippen LogP contribution is 2.30. The lowest BCUT2D eigenvalue weighted by atomic mass is 9.99. The van der Waals surface area contributed by atoms with Crippen LogP contribution in [0.5, 0.6) is 0 Å². The second kappa shape index (κ2) is 6.26. The van der Waals surface area contributed by atoms with Crippen molar-refractivity contribution >= 4 is 29.1 Å². The van der Waals surface area contributed by atoms with Crippen molar-refractivity contribution in [1.82, 2.24) is 15.0 Å². The highest BCUT2D eigenvalue weighted by atomic mass is 35.5. The first kappa shape index (κ1) is 15.3. The zero-order valence-electron chi connectivity index (χ0n) is 12.1. The molecular weight excluding hydrogens is 325 g/mol. The number of hydrogen-bond acceptors (Lipinski definition) is 4. The van der Waals surface area contributed by atoms with Crippen LogP contribution in [0.2, 0.25) is 10.0 Å². The SMILES string of the molecule is Cc1noc(CCC(=O)N2CCc3c(Cl)cc(Cl)cc3C2)n1. The Morgan fingerprint density at radius 3 is 2.95 bits per heavy atom. The van der Waals surface area contributed by atoms with Gasteiger partial charge in [-0.2, -0.15) is 4.98 Å². The van der Waals surface area contributed by atoms with Crippen LogP contribution in [0.4, 0.5) is 0 Å². The largest absolute Gasteiger partial charge is 0.339 e. The average molecular weight is 340 g/mol. The third-order valence-electron chi connectivity index (χ3n) is 3.72. The Bertz CT molecular complexity index is 715. The van der Waals surface area contributed by atoms with E-state index in [0.717, 1.165) is 17.5 Å². The zero-order chi connectivity index (χ0) is 15.7. The lowest BCUT2D eigenvalue weighted by molar-refractivity contribution is -0.132. The molecule has 0 radical (unpaired) electrons. The van der Waals surface area contributed by atoms with Gasteiger partial charge in [-0.3, -0.25) is 4.79 Å². The summed E-state index contributed by atoms with van der Waals surface area (Å²) in [5.74, 6) is 1.14. The summed E-state index contributed by atoms with van der Waals surface area (Å²) < 4.78 is 5.02. The highest BCUT2D eigenvalue weighted by Gasteiger charge is 2.23. The van der Waals surface area contributed by atoms with E-state index in [9.17, 15) is 4.79 Å². The molecule has 1 aromatic heterocycles. The average Bonchev–Trinajstić information content (AvgIpc) is 2.89. The van der Waals surface area contributed by atoms with Crippen LogP contribution in [0, 0.1) is 6.92 Å². The van der Waals surface area contributed by atoms with E-state index in [1.165, 1.54) is 0 Å². The Labute approximate surface area is 138 Å². The van der Waals surface area contributed by atoms with Crippen molar-refractivity contribution in [3.05, 3.63) is 45.0 Å². The van der Waals surface area contributed by atoms with Gasteiger partial charge < -0.3 is 9.42 Å². The summed E-state index contributed by atoms with van der Waals surface area (Å²) in [7, 11) is 0. The standard InChI is InChI=1S/C15H15Cl2N3O2/c1-9-18-14(22-19-9)2-3-15(21)20-5-4-12-10(8-20)6-11(16)7-13(12)17/h6-7H,2-5,8H2,1H3. The molecule has 0 spiro atoms. The van der Waals surface area contributed by atoms with Gasteiger partial charge in [0.05, 0.1) is 0 Å². The van der Waals surface area contributed by atoms with Gasteiger partial charge in [0, 0.05) is 36.0 Å². The Balaban J connectivity index is 1.65. The number of fused-ring (bicyclic) bond motifs is 1. The topological polar surface area (TPSA) is 59.2 Å². The molecule has 0 bridgehead atoms. The van der Waals surface area contributed by atoms with Crippen LogP contribution in [0.25, 0.3) is 0 Å². The van der Waals surface area contributed by atoms with Crippen LogP contribution < -0.4 is 0 Å². The van der Waals surface area contributed by atoms with Gasteiger partial charge in [0.15, 0.2) is 5.82 Å². The van der Waals surface area contributed by atoms with E-state index >= 15 is 0 Å². The van der Waals surface area contributed by atoms with E-state index in [0.29, 0.717) is 47.7 Å². The minimum atomic E-state index is 0.0672. The van der Waals surface area contributed by atoms with Gasteiger partial charge in [0.2, 0.25) is 11.8 Å². The van der Waals surface area contributed by atoms with Crippen molar-refractivity contribution in [3.63, 3.8) is 0 Å². The Morgan fingerprint density at radius 2 is 2.23 bits per heavy atom. The molecule has 0 fully saturated rings. The predicted octanol–water partition coefficient (Wildman–Crippen LogP) is 3.20. The smallest absolute Gasteiger partial charge is 0.227 e. The maximum atomic E-state index is 12.3. The minimum Gasteiger partial charge on any atom is -0.339 e. The number of carbonyl (C=O) groups excluding carboxylic acids is 1. The molecule has 3 rings (SSSR count). The third kappa shape index (κ3) is 3.25. The molecule has 1 amide bonds. The summed E-state index contributed by atoms with van der Waals surface area (Å²) in [6.07, 6.45) is 1.56. The first-order valence-electron chi connectivity index (χ1n) is 7.06. The quantitative estimate of drug-likeness (QED) is 0.861. The van der Waals surface area contributed by atoms with Gasteiger partial charge in [-0.15, -0.1) is 0 Å². The molecule has 116 valence electrons. The number of carbonyl (C=O) groups is 1. The second-order valence-electron chi connectivity index (χ2n) is 5.33. The summed E-state index contributed by atoms with van der Waals surface area (Å²) in [6.45, 7) is 2.96. The van der Waals surface area contributed by atoms with Crippen LogP contribution in [-0.4, -0.2) is 27.5 Å². The molecule has 0 aliphatic carbocycles. The summed E-state index contributed by atoms with van der Waals surface area (Å²) in [5.41, 5.74) is 2.10. The molecule has 0 atom stereocenters. The van der Waals surface area contributed by atoms with E-state index in [1.54, 1.807) is 13.0 Å². The molecule has 0 saturated carbocycles. The van der Waals surface area contributed by atoms with E-state index in [4.69, 9.17) is 27.7 Å². The third-order valence-corrected chi connectivity index (χ3v) is 4.28. The molecule has 2 aromatic rings. The Kier molecular flexibility index (Phi) is 4.36. The Morgan fingerprint density at radius 1 is 1.41 bits per heavy atom. The van der Waals surface area contributed by atoms with Crippen molar-refractivity contribution in [1.29, 1.82) is 0 Å². The predicted molar refractivity (Wildman–Crippen MR) is 82.9 cm³/mol. The first-order valence-corrected chi connectivity index (χ1v) is 7.82. The van der Waals surface area contributed by atoms with Gasteiger partial charge in [0.25, 0.3) is 0 Å². The first-order chi connectivity index (χ1) is 10.5. The Hall–Kier alpha value is -1.59. The number of benzene rings is 1. The molecule has 7 heteroatoms. The van der Waals surface area contributed by atoms with Crippen LogP contribution in [0.15, 0.2) is 16.7 Å². The van der Waals surface area contributed by atoms with Crippen LogP contribution >= 0.6 is 23.2 Å². The van der Waals surface area contributed by atoms with E-state index in [2.05, 4.69) is 10.1 Å². The van der Waals surface area contributed by atoms with E-state index < -0.39 is 0 Å². The number of aryl methyl sites for hydroxylation is 2. The van der Waals surface area contributed by atoms with Crippen LogP contribution in [0.1, 0.15) is 29.3 Å². The molecule has 22 heavy (non-hydrogen) atoms. The monoisotopic (exact) mass is 339 g/mol. The van der Waals surface area contributed by atoms with Crippen molar-refractivity contribution in [2.75, 3.05) is 6.54 Å². The van der Waals surface area contributed by atoms with Gasteiger partial charge >= 0.3 is 0 Å². The normalized spacial score (nSPS) is 14.0. The van der Waals surface area contributed by atoms with E-state index in [1.807, 2.05) is 11.0 Å². The van der Waals surface area contributed by atoms with Crippen molar-refractivity contribution in [3.8, 4) is 0 Å². The number of nitrogens with zero attached hydrogens (tertiary/aromatic N) is 3. The molecule has 1 aromatic carbocycles. The minimum absolute atomic E-state index is 0.0672. The molecule has 0 saturated heterocycles. The summed E-state index contributed by atoms with van der Waals surface area (Å²) in [5, 5.41) is 4.99. The highest BCUT2D eigenvalue weighted by molar-refractivity contribution is 6.35. The molecule has 0 unspecified atom stereocenters. The lowest BCUT2D eigenvalue weighted by Gasteiger charge is -2.29. The number of halogens is 2. The second-order valence-corrected chi connectivity index (χ2v) is 6.17. The number of rotatable bonds is 3. The van der Waals surface area contributed by atoms with Crippen LogP contribution in [-0.2, 0) is 24.2 Å². The summed E-state index contributed by atoms with van der Waals surface area (Å²) in [6, 6.07) is 3.63. The summed E-state index contributed by atoms with van der Waals surface area (Å²) >= 11 is 12.2. The van der Waals surface area contributed by atoms with Gasteiger partial charge in [0.1, 0.15) is 0 Å². The number of hydrogen-bond donors (Lipinski definition) is 0. The maximum Gasteiger partial charge on any atom is 0.227 e. The maximum absolute atomic E-state index is 12.3. The molecule has 0 N–H and O–H groups in total. The molecule has 5 nitrogen and oxygen atoms in total. The van der Waals surface area contributed by atoms with Crippen molar-refractivity contribution in [2.45, 2.75) is 32.7 Å². The van der Waals surface area contributed by atoms with Crippen molar-refractivity contribution in [2.24, 2.45) is 0 Å². The van der Waals surface area contributed by atoms with Gasteiger partial charge in [-0.05, 0) is 36.6 Å². The number of amides is 1. The van der Waals surface area contributed by atoms with Gasteiger partial charge in [-0.1, -0.05) is 28.4 Å².